The molecule has 0 saturated heterocycles. The number of fused-ring (bicyclic) bond motifs is 1. The van der Waals surface area contributed by atoms with Crippen LogP contribution in [0.5, 0.6) is 0 Å². The average molecular weight is 374 g/mol. The molecule has 0 N–H and O–H groups in total. The van der Waals surface area contributed by atoms with E-state index in [2.05, 4.69) is 11.1 Å². The summed E-state index contributed by atoms with van der Waals surface area (Å²) in [4.78, 5) is 16.7. The second-order valence-electron chi connectivity index (χ2n) is 5.74. The Morgan fingerprint density at radius 3 is 2.74 bits per heavy atom. The number of nitriles is 1. The lowest BCUT2D eigenvalue weighted by atomic mass is 10.1. The molecule has 0 saturated carbocycles. The maximum Gasteiger partial charge on any atom is 0.345 e. The summed E-state index contributed by atoms with van der Waals surface area (Å²) in [5, 5.41) is 12.5. The molecule has 2 aromatic heterocycles. The van der Waals surface area contributed by atoms with Gasteiger partial charge in [-0.1, -0.05) is 30.3 Å². The Hall–Kier alpha value is -3.56. The van der Waals surface area contributed by atoms with Gasteiger partial charge in [0.05, 0.1) is 16.8 Å². The van der Waals surface area contributed by atoms with Crippen molar-refractivity contribution in [2.24, 2.45) is 0 Å². The standard InChI is InChI=1S/C21H11FN2O2S/c22-16-7-5-13(6-8-16)9-15(11-23)20-24-18(12-27-20)17-10-14-3-1-2-4-19(14)26-21(17)25/h1-10,12H/b15-9+. The van der Waals surface area contributed by atoms with Gasteiger partial charge in [-0.3, -0.25) is 0 Å². The molecule has 0 bridgehead atoms. The van der Waals surface area contributed by atoms with E-state index in [0.29, 0.717) is 33.0 Å². The van der Waals surface area contributed by atoms with Crippen LogP contribution in [0.2, 0.25) is 0 Å². The van der Waals surface area contributed by atoms with Crippen LogP contribution in [0.3, 0.4) is 0 Å². The maximum atomic E-state index is 13.0. The molecule has 2 aromatic carbocycles. The number of hydrogen-bond donors (Lipinski definition) is 0. The van der Waals surface area contributed by atoms with Crippen LogP contribution in [0.1, 0.15) is 10.6 Å². The molecule has 0 atom stereocenters. The van der Waals surface area contributed by atoms with E-state index in [0.717, 1.165) is 5.39 Å². The number of aromatic nitrogens is 1. The van der Waals surface area contributed by atoms with Gasteiger partial charge in [-0.15, -0.1) is 11.3 Å². The molecule has 0 radical (unpaired) electrons. The SMILES string of the molecule is N#C/C(=C\c1ccc(F)cc1)c1nc(-c2cc3ccccc3oc2=O)cs1. The van der Waals surface area contributed by atoms with Crippen molar-refractivity contribution in [3.05, 3.63) is 86.8 Å². The first-order valence-corrected chi connectivity index (χ1v) is 8.88. The third-order valence-electron chi connectivity index (χ3n) is 3.95. The Morgan fingerprint density at radius 2 is 1.96 bits per heavy atom. The molecule has 0 unspecified atom stereocenters. The lowest BCUT2D eigenvalue weighted by Crippen LogP contribution is -2.02. The molecule has 6 heteroatoms. The van der Waals surface area contributed by atoms with Crippen LogP contribution in [0.25, 0.3) is 33.9 Å². The molecule has 27 heavy (non-hydrogen) atoms. The molecule has 0 amide bonds. The van der Waals surface area contributed by atoms with Crippen molar-refractivity contribution in [1.29, 1.82) is 5.26 Å². The van der Waals surface area contributed by atoms with Crippen LogP contribution in [-0.4, -0.2) is 4.98 Å². The van der Waals surface area contributed by atoms with E-state index in [1.807, 2.05) is 12.1 Å². The van der Waals surface area contributed by atoms with Gasteiger partial charge < -0.3 is 4.42 Å². The molecular formula is C21H11FN2O2S. The summed E-state index contributed by atoms with van der Waals surface area (Å²) in [5.74, 6) is -0.342. The summed E-state index contributed by atoms with van der Waals surface area (Å²) in [6.07, 6.45) is 1.63. The molecule has 4 aromatic rings. The highest BCUT2D eigenvalue weighted by atomic mass is 32.1. The Bertz CT molecular complexity index is 1260. The van der Waals surface area contributed by atoms with Crippen molar-refractivity contribution in [1.82, 2.24) is 4.98 Å². The van der Waals surface area contributed by atoms with Crippen molar-refractivity contribution in [3.63, 3.8) is 0 Å². The molecule has 0 aliphatic rings. The fourth-order valence-corrected chi connectivity index (χ4v) is 3.41. The minimum atomic E-state index is -0.480. The molecule has 4 rings (SSSR count). The van der Waals surface area contributed by atoms with E-state index >= 15 is 0 Å². The Morgan fingerprint density at radius 1 is 1.19 bits per heavy atom. The monoisotopic (exact) mass is 374 g/mol. The zero-order valence-corrected chi connectivity index (χ0v) is 14.7. The van der Waals surface area contributed by atoms with E-state index in [4.69, 9.17) is 4.42 Å². The fraction of sp³-hybridized carbons (Fsp3) is 0. The van der Waals surface area contributed by atoms with Crippen LogP contribution in [0.15, 0.2) is 69.2 Å². The molecule has 0 aliphatic heterocycles. The number of halogens is 1. The van der Waals surface area contributed by atoms with E-state index in [9.17, 15) is 14.4 Å². The molecule has 2 heterocycles. The van der Waals surface area contributed by atoms with Gasteiger partial charge in [0.2, 0.25) is 0 Å². The van der Waals surface area contributed by atoms with Gasteiger partial charge in [-0.05, 0) is 35.9 Å². The molecule has 0 spiro atoms. The van der Waals surface area contributed by atoms with E-state index < -0.39 is 5.63 Å². The second kappa shape index (κ2) is 6.98. The van der Waals surface area contributed by atoms with Crippen LogP contribution >= 0.6 is 11.3 Å². The summed E-state index contributed by atoms with van der Waals surface area (Å²) in [6.45, 7) is 0. The molecule has 0 aliphatic carbocycles. The average Bonchev–Trinajstić information content (AvgIpc) is 3.16. The van der Waals surface area contributed by atoms with Gasteiger partial charge in [-0.2, -0.15) is 5.26 Å². The zero-order valence-electron chi connectivity index (χ0n) is 13.8. The predicted octanol–water partition coefficient (Wildman–Crippen LogP) is 5.12. The molecule has 130 valence electrons. The van der Waals surface area contributed by atoms with E-state index in [1.54, 1.807) is 41.8 Å². The van der Waals surface area contributed by atoms with Crippen LogP contribution < -0.4 is 5.63 Å². The molecule has 4 nitrogen and oxygen atoms in total. The quantitative estimate of drug-likeness (QED) is 0.369. The number of rotatable bonds is 3. The van der Waals surface area contributed by atoms with Crippen molar-refractivity contribution >= 4 is 34.0 Å². The van der Waals surface area contributed by atoms with E-state index in [1.165, 1.54) is 23.5 Å². The number of thiazole rings is 1. The van der Waals surface area contributed by atoms with Crippen molar-refractivity contribution in [2.45, 2.75) is 0 Å². The van der Waals surface area contributed by atoms with Crippen LogP contribution in [0, 0.1) is 17.1 Å². The lowest BCUT2D eigenvalue weighted by Gasteiger charge is -1.99. The van der Waals surface area contributed by atoms with Crippen LogP contribution in [-0.2, 0) is 0 Å². The first-order chi connectivity index (χ1) is 13.1. The second-order valence-corrected chi connectivity index (χ2v) is 6.60. The zero-order chi connectivity index (χ0) is 18.8. The predicted molar refractivity (Wildman–Crippen MR) is 103 cm³/mol. The van der Waals surface area contributed by atoms with Gasteiger partial charge in [-0.25, -0.2) is 14.2 Å². The van der Waals surface area contributed by atoms with Gasteiger partial charge in [0, 0.05) is 10.8 Å². The van der Waals surface area contributed by atoms with Crippen molar-refractivity contribution in [2.75, 3.05) is 0 Å². The first-order valence-electron chi connectivity index (χ1n) is 8.00. The highest BCUT2D eigenvalue weighted by molar-refractivity contribution is 7.11. The molecule has 0 fully saturated rings. The summed E-state index contributed by atoms with van der Waals surface area (Å²) < 4.78 is 18.4. The number of hydrogen-bond acceptors (Lipinski definition) is 5. The Balaban J connectivity index is 1.75. The van der Waals surface area contributed by atoms with Gasteiger partial charge in [0.1, 0.15) is 22.5 Å². The third kappa shape index (κ3) is 3.41. The summed E-state index contributed by atoms with van der Waals surface area (Å²) >= 11 is 1.26. The van der Waals surface area contributed by atoms with Gasteiger partial charge in [0.15, 0.2) is 0 Å². The largest absolute Gasteiger partial charge is 0.422 e. The minimum absolute atomic E-state index is 0.336. The summed E-state index contributed by atoms with van der Waals surface area (Å²) in [6, 6.07) is 16.9. The summed E-state index contributed by atoms with van der Waals surface area (Å²) in [7, 11) is 0. The number of para-hydroxylation sites is 1. The number of nitrogens with zero attached hydrogens (tertiary/aromatic N) is 2. The van der Waals surface area contributed by atoms with Crippen molar-refractivity contribution in [3.8, 4) is 17.3 Å². The Labute approximate surface area is 157 Å². The molecular weight excluding hydrogens is 363 g/mol. The smallest absolute Gasteiger partial charge is 0.345 e. The highest BCUT2D eigenvalue weighted by Crippen LogP contribution is 2.27. The summed E-state index contributed by atoms with van der Waals surface area (Å²) in [5.41, 5.74) is 1.85. The lowest BCUT2D eigenvalue weighted by molar-refractivity contribution is 0.563. The maximum absolute atomic E-state index is 13.0. The highest BCUT2D eigenvalue weighted by Gasteiger charge is 2.13. The number of allylic oxidation sites excluding steroid dienone is 1. The number of benzene rings is 2. The third-order valence-corrected chi connectivity index (χ3v) is 4.83. The first kappa shape index (κ1) is 16.9. The minimum Gasteiger partial charge on any atom is -0.422 e. The van der Waals surface area contributed by atoms with Gasteiger partial charge in [0.25, 0.3) is 0 Å². The van der Waals surface area contributed by atoms with Crippen molar-refractivity contribution < 1.29 is 8.81 Å². The Kier molecular flexibility index (Phi) is 4.37. The van der Waals surface area contributed by atoms with E-state index in [-0.39, 0.29) is 5.82 Å². The van der Waals surface area contributed by atoms with Gasteiger partial charge >= 0.3 is 5.63 Å². The van der Waals surface area contributed by atoms with Crippen LogP contribution in [0.4, 0.5) is 4.39 Å². The normalized spacial score (nSPS) is 11.5. The topological polar surface area (TPSA) is 66.9 Å². The fourth-order valence-electron chi connectivity index (χ4n) is 2.63.